The molecule has 2 aromatic rings. The van der Waals surface area contributed by atoms with Crippen molar-refractivity contribution in [1.29, 1.82) is 0 Å². The number of hydrogen-bond donors (Lipinski definition) is 1. The molecule has 8 heteroatoms. The van der Waals surface area contributed by atoms with Gasteiger partial charge < -0.3 is 13.9 Å². The molecular formula is C15H19NO6S. The van der Waals surface area contributed by atoms with Crippen LogP contribution in [0.1, 0.15) is 6.42 Å². The van der Waals surface area contributed by atoms with E-state index < -0.39 is 15.6 Å². The van der Waals surface area contributed by atoms with Crippen molar-refractivity contribution in [3.8, 4) is 0 Å². The summed E-state index contributed by atoms with van der Waals surface area (Å²) in [5.74, 6) is 0. The van der Waals surface area contributed by atoms with Gasteiger partial charge in [0.25, 0.3) is 0 Å². The van der Waals surface area contributed by atoms with E-state index in [9.17, 15) is 13.2 Å². The molecule has 2 rings (SSSR count). The highest BCUT2D eigenvalue weighted by atomic mass is 32.2. The van der Waals surface area contributed by atoms with E-state index in [1.54, 1.807) is 7.11 Å². The molecule has 1 heterocycles. The molecule has 0 bridgehead atoms. The zero-order valence-corrected chi connectivity index (χ0v) is 13.6. The molecule has 1 aromatic carbocycles. The monoisotopic (exact) mass is 341 g/mol. The summed E-state index contributed by atoms with van der Waals surface area (Å²) in [6.07, 6.45) is 0.561. The second-order valence-corrected chi connectivity index (χ2v) is 6.58. The van der Waals surface area contributed by atoms with Gasteiger partial charge in [0.15, 0.2) is 0 Å². The molecule has 0 fully saturated rings. The molecule has 1 aromatic heterocycles. The van der Waals surface area contributed by atoms with Crippen LogP contribution in [0, 0.1) is 0 Å². The molecule has 0 saturated carbocycles. The maximum Gasteiger partial charge on any atom is 0.336 e. The fourth-order valence-electron chi connectivity index (χ4n) is 1.93. The number of rotatable bonds is 9. The standard InChI is InChI=1S/C15H19NO6S/c1-20-9-10-21-8-2-7-16-23(18,19)13-4-5-14-12(11-13)3-6-15(17)22-14/h3-6,11,16H,2,7-10H2,1H3. The largest absolute Gasteiger partial charge is 0.423 e. The summed E-state index contributed by atoms with van der Waals surface area (Å²) in [6, 6.07) is 7.13. The lowest BCUT2D eigenvalue weighted by atomic mass is 10.2. The first-order valence-corrected chi connectivity index (χ1v) is 8.61. The quantitative estimate of drug-likeness (QED) is 0.542. The van der Waals surface area contributed by atoms with Crippen LogP contribution in [0.25, 0.3) is 11.0 Å². The average molecular weight is 341 g/mol. The lowest BCUT2D eigenvalue weighted by Crippen LogP contribution is -2.25. The van der Waals surface area contributed by atoms with Gasteiger partial charge in [-0.3, -0.25) is 0 Å². The normalized spacial score (nSPS) is 11.9. The zero-order valence-electron chi connectivity index (χ0n) is 12.8. The van der Waals surface area contributed by atoms with E-state index in [2.05, 4.69) is 4.72 Å². The number of benzene rings is 1. The molecule has 1 N–H and O–H groups in total. The van der Waals surface area contributed by atoms with Crippen LogP contribution in [0.5, 0.6) is 0 Å². The highest BCUT2D eigenvalue weighted by Crippen LogP contribution is 2.17. The maximum absolute atomic E-state index is 12.2. The molecule has 0 unspecified atom stereocenters. The Bertz CT molecular complexity index is 799. The third-order valence-electron chi connectivity index (χ3n) is 3.09. The second-order valence-electron chi connectivity index (χ2n) is 4.81. The zero-order chi connectivity index (χ0) is 16.7. The number of ether oxygens (including phenoxy) is 2. The first-order chi connectivity index (χ1) is 11.0. The minimum atomic E-state index is -3.61. The summed E-state index contributed by atoms with van der Waals surface area (Å²) in [4.78, 5) is 11.2. The third-order valence-corrected chi connectivity index (χ3v) is 4.55. The molecule has 0 spiro atoms. The first-order valence-electron chi connectivity index (χ1n) is 7.13. The summed E-state index contributed by atoms with van der Waals surface area (Å²) in [5, 5.41) is 0.551. The molecular weight excluding hydrogens is 322 g/mol. The molecule has 0 amide bonds. The second kappa shape index (κ2) is 8.21. The predicted molar refractivity (Wildman–Crippen MR) is 85.0 cm³/mol. The topological polar surface area (TPSA) is 94.8 Å². The Labute approximate surface area is 134 Å². The van der Waals surface area contributed by atoms with Crippen LogP contribution >= 0.6 is 0 Å². The Morgan fingerprint density at radius 3 is 2.74 bits per heavy atom. The van der Waals surface area contributed by atoms with E-state index in [0.29, 0.717) is 37.2 Å². The maximum atomic E-state index is 12.2. The van der Waals surface area contributed by atoms with Gasteiger partial charge in [-0.2, -0.15) is 0 Å². The fraction of sp³-hybridized carbons (Fsp3) is 0.400. The average Bonchev–Trinajstić information content (AvgIpc) is 2.53. The van der Waals surface area contributed by atoms with E-state index in [4.69, 9.17) is 13.9 Å². The Hall–Kier alpha value is -1.74. The lowest BCUT2D eigenvalue weighted by molar-refractivity contribution is 0.0699. The van der Waals surface area contributed by atoms with Crippen molar-refractivity contribution in [1.82, 2.24) is 4.72 Å². The van der Waals surface area contributed by atoms with Gasteiger partial charge >= 0.3 is 5.63 Å². The Morgan fingerprint density at radius 2 is 1.96 bits per heavy atom. The summed E-state index contributed by atoms with van der Waals surface area (Å²) < 4.78 is 42.0. The summed E-state index contributed by atoms with van der Waals surface area (Å²) >= 11 is 0. The summed E-state index contributed by atoms with van der Waals surface area (Å²) in [7, 11) is -2.02. The first kappa shape index (κ1) is 17.6. The highest BCUT2D eigenvalue weighted by molar-refractivity contribution is 7.89. The van der Waals surface area contributed by atoms with Gasteiger partial charge in [-0.25, -0.2) is 17.9 Å². The van der Waals surface area contributed by atoms with Crippen LogP contribution in [0.15, 0.2) is 44.4 Å². The molecule has 0 aliphatic carbocycles. The van der Waals surface area contributed by atoms with E-state index in [1.165, 1.54) is 30.3 Å². The summed E-state index contributed by atoms with van der Waals surface area (Å²) in [6.45, 7) is 1.73. The predicted octanol–water partition coefficient (Wildman–Crippen LogP) is 1.12. The molecule has 0 atom stereocenters. The Morgan fingerprint density at radius 1 is 1.13 bits per heavy atom. The van der Waals surface area contributed by atoms with Gasteiger partial charge in [0.05, 0.1) is 18.1 Å². The SMILES string of the molecule is COCCOCCCNS(=O)(=O)c1ccc2oc(=O)ccc2c1. The molecule has 0 aliphatic rings. The van der Waals surface area contributed by atoms with Gasteiger partial charge in [-0.15, -0.1) is 0 Å². The van der Waals surface area contributed by atoms with E-state index >= 15 is 0 Å². The van der Waals surface area contributed by atoms with Crippen molar-refractivity contribution in [3.63, 3.8) is 0 Å². The molecule has 7 nitrogen and oxygen atoms in total. The van der Waals surface area contributed by atoms with Crippen LogP contribution in [-0.4, -0.2) is 41.9 Å². The minimum absolute atomic E-state index is 0.124. The van der Waals surface area contributed by atoms with Crippen molar-refractivity contribution in [3.05, 3.63) is 40.8 Å². The number of nitrogens with one attached hydrogen (secondary N) is 1. The smallest absolute Gasteiger partial charge is 0.336 e. The van der Waals surface area contributed by atoms with Crippen LogP contribution in [-0.2, 0) is 19.5 Å². The van der Waals surface area contributed by atoms with Crippen molar-refractivity contribution in [2.75, 3.05) is 33.5 Å². The number of hydrogen-bond acceptors (Lipinski definition) is 6. The van der Waals surface area contributed by atoms with Crippen molar-refractivity contribution in [2.24, 2.45) is 0 Å². The Balaban J connectivity index is 1.94. The number of fused-ring (bicyclic) bond motifs is 1. The lowest BCUT2D eigenvalue weighted by Gasteiger charge is -2.08. The highest BCUT2D eigenvalue weighted by Gasteiger charge is 2.14. The summed E-state index contributed by atoms with van der Waals surface area (Å²) in [5.41, 5.74) is -0.123. The molecule has 0 aliphatic heterocycles. The van der Waals surface area contributed by atoms with Crippen LogP contribution in [0.2, 0.25) is 0 Å². The van der Waals surface area contributed by atoms with Crippen LogP contribution in [0.4, 0.5) is 0 Å². The van der Waals surface area contributed by atoms with Gasteiger partial charge in [0, 0.05) is 31.7 Å². The Kier molecular flexibility index (Phi) is 6.28. The van der Waals surface area contributed by atoms with Crippen molar-refractivity contribution >= 4 is 21.0 Å². The van der Waals surface area contributed by atoms with Crippen molar-refractivity contribution in [2.45, 2.75) is 11.3 Å². The third kappa shape index (κ3) is 5.14. The van der Waals surface area contributed by atoms with Crippen LogP contribution in [0.3, 0.4) is 0 Å². The number of sulfonamides is 1. The molecule has 23 heavy (non-hydrogen) atoms. The van der Waals surface area contributed by atoms with Gasteiger partial charge in [0.1, 0.15) is 5.58 Å². The van der Waals surface area contributed by atoms with E-state index in [0.717, 1.165) is 0 Å². The minimum Gasteiger partial charge on any atom is -0.423 e. The van der Waals surface area contributed by atoms with Gasteiger partial charge in [-0.05, 0) is 30.7 Å². The molecule has 0 radical (unpaired) electrons. The van der Waals surface area contributed by atoms with Gasteiger partial charge in [-0.1, -0.05) is 0 Å². The van der Waals surface area contributed by atoms with E-state index in [1.807, 2.05) is 0 Å². The van der Waals surface area contributed by atoms with Crippen LogP contribution < -0.4 is 10.3 Å². The van der Waals surface area contributed by atoms with Gasteiger partial charge in [0.2, 0.25) is 10.0 Å². The molecule has 126 valence electrons. The molecule has 0 saturated heterocycles. The fourth-order valence-corrected chi connectivity index (χ4v) is 3.03. The van der Waals surface area contributed by atoms with E-state index in [-0.39, 0.29) is 11.4 Å². The van der Waals surface area contributed by atoms with Crippen molar-refractivity contribution < 1.29 is 22.3 Å². The number of methoxy groups -OCH3 is 1.